The van der Waals surface area contributed by atoms with Crippen LogP contribution in [-0.4, -0.2) is 53.7 Å². The molecule has 5 nitrogen and oxygen atoms in total. The van der Waals surface area contributed by atoms with Gasteiger partial charge in [-0.25, -0.2) is 4.79 Å². The highest BCUT2D eigenvalue weighted by Gasteiger charge is 2.21. The minimum atomic E-state index is -0.138. The standard InChI is InChI=1S/C20H33N3O2/c1-3-5-7-18(4-2)17-25-20(24)23-13-6-12-22(14-15-23)16-19-8-10-21-11-9-19/h8-11,18H,3-7,12-17H2,1-2H3. The molecule has 25 heavy (non-hydrogen) atoms. The van der Waals surface area contributed by atoms with Crippen molar-refractivity contribution >= 4 is 6.09 Å². The van der Waals surface area contributed by atoms with Gasteiger partial charge in [0.05, 0.1) is 6.61 Å². The number of hydrogen-bond donors (Lipinski definition) is 0. The van der Waals surface area contributed by atoms with Gasteiger partial charge in [-0.05, 0) is 36.5 Å². The zero-order valence-corrected chi connectivity index (χ0v) is 15.8. The lowest BCUT2D eigenvalue weighted by molar-refractivity contribution is 0.0856. The maximum atomic E-state index is 12.4. The molecule has 1 aromatic heterocycles. The molecule has 2 rings (SSSR count). The van der Waals surface area contributed by atoms with Gasteiger partial charge in [-0.1, -0.05) is 33.1 Å². The van der Waals surface area contributed by atoms with E-state index in [1.165, 1.54) is 18.4 Å². The summed E-state index contributed by atoms with van der Waals surface area (Å²) in [6, 6.07) is 4.11. The van der Waals surface area contributed by atoms with Crippen LogP contribution < -0.4 is 0 Å². The summed E-state index contributed by atoms with van der Waals surface area (Å²) in [6.45, 7) is 9.30. The Hall–Kier alpha value is -1.62. The lowest BCUT2D eigenvalue weighted by Gasteiger charge is -2.23. The number of amides is 1. The lowest BCUT2D eigenvalue weighted by Crippen LogP contribution is -2.36. The van der Waals surface area contributed by atoms with Gasteiger partial charge in [0.25, 0.3) is 0 Å². The first-order valence-electron chi connectivity index (χ1n) is 9.75. The number of rotatable bonds is 8. The van der Waals surface area contributed by atoms with Crippen molar-refractivity contribution in [1.29, 1.82) is 0 Å². The average molecular weight is 348 g/mol. The summed E-state index contributed by atoms with van der Waals surface area (Å²) in [4.78, 5) is 20.7. The summed E-state index contributed by atoms with van der Waals surface area (Å²) in [5.41, 5.74) is 1.27. The normalized spacial score (nSPS) is 17.1. The second-order valence-corrected chi connectivity index (χ2v) is 6.97. The zero-order valence-electron chi connectivity index (χ0n) is 15.8. The highest BCUT2D eigenvalue weighted by atomic mass is 16.6. The summed E-state index contributed by atoms with van der Waals surface area (Å²) in [5, 5.41) is 0. The molecule has 1 aromatic rings. The molecule has 5 heteroatoms. The molecule has 1 fully saturated rings. The van der Waals surface area contributed by atoms with Crippen LogP contribution in [0, 0.1) is 5.92 Å². The maximum absolute atomic E-state index is 12.4. The number of unbranched alkanes of at least 4 members (excludes halogenated alkanes) is 1. The van der Waals surface area contributed by atoms with E-state index in [4.69, 9.17) is 4.74 Å². The Kier molecular flexibility index (Phi) is 8.73. The van der Waals surface area contributed by atoms with Gasteiger partial charge >= 0.3 is 6.09 Å². The molecule has 1 aliphatic heterocycles. The van der Waals surface area contributed by atoms with Crippen molar-refractivity contribution in [3.05, 3.63) is 30.1 Å². The van der Waals surface area contributed by atoms with E-state index in [2.05, 4.69) is 35.9 Å². The number of carbonyl (C=O) groups is 1. The minimum absolute atomic E-state index is 0.138. The number of aromatic nitrogens is 1. The highest BCUT2D eigenvalue weighted by molar-refractivity contribution is 5.67. The molecule has 1 atom stereocenters. The predicted molar refractivity (Wildman–Crippen MR) is 100 cm³/mol. The van der Waals surface area contributed by atoms with E-state index in [0.717, 1.165) is 52.0 Å². The Bertz CT molecular complexity index is 495. The first-order valence-corrected chi connectivity index (χ1v) is 9.75. The van der Waals surface area contributed by atoms with E-state index in [-0.39, 0.29) is 6.09 Å². The fraction of sp³-hybridized carbons (Fsp3) is 0.700. The fourth-order valence-electron chi connectivity index (χ4n) is 3.24. The van der Waals surface area contributed by atoms with Crippen LogP contribution in [0.15, 0.2) is 24.5 Å². The van der Waals surface area contributed by atoms with Crippen LogP contribution >= 0.6 is 0 Å². The molecule has 0 aliphatic carbocycles. The second kappa shape index (κ2) is 11.1. The van der Waals surface area contributed by atoms with Crippen LogP contribution in [-0.2, 0) is 11.3 Å². The SMILES string of the molecule is CCCCC(CC)COC(=O)N1CCCN(Cc2ccncc2)CC1. The zero-order chi connectivity index (χ0) is 17.9. The van der Waals surface area contributed by atoms with Gasteiger partial charge in [0.1, 0.15) is 0 Å². The molecule has 1 aliphatic rings. The van der Waals surface area contributed by atoms with Crippen LogP contribution in [0.3, 0.4) is 0 Å². The van der Waals surface area contributed by atoms with E-state index < -0.39 is 0 Å². The van der Waals surface area contributed by atoms with E-state index in [0.29, 0.717) is 12.5 Å². The molecular formula is C20H33N3O2. The number of ether oxygens (including phenoxy) is 1. The predicted octanol–water partition coefficient (Wildman–Crippen LogP) is 3.94. The summed E-state index contributed by atoms with van der Waals surface area (Å²) >= 11 is 0. The molecule has 0 N–H and O–H groups in total. The number of nitrogens with zero attached hydrogens (tertiary/aromatic N) is 3. The largest absolute Gasteiger partial charge is 0.449 e. The fourth-order valence-corrected chi connectivity index (χ4v) is 3.24. The molecule has 0 bridgehead atoms. The highest BCUT2D eigenvalue weighted by Crippen LogP contribution is 2.14. The molecule has 1 unspecified atom stereocenters. The quantitative estimate of drug-likeness (QED) is 0.714. The number of hydrogen-bond acceptors (Lipinski definition) is 4. The van der Waals surface area contributed by atoms with E-state index in [1.54, 1.807) is 0 Å². The van der Waals surface area contributed by atoms with E-state index >= 15 is 0 Å². The summed E-state index contributed by atoms with van der Waals surface area (Å²) in [5.74, 6) is 0.499. The Morgan fingerprint density at radius 2 is 2.00 bits per heavy atom. The molecule has 2 heterocycles. The molecule has 140 valence electrons. The third-order valence-electron chi connectivity index (χ3n) is 4.99. The van der Waals surface area contributed by atoms with Crippen molar-refractivity contribution in [2.24, 2.45) is 5.92 Å². The lowest BCUT2D eigenvalue weighted by atomic mass is 10.0. The topological polar surface area (TPSA) is 45.7 Å². The molecule has 0 saturated carbocycles. The number of carbonyl (C=O) groups excluding carboxylic acids is 1. The van der Waals surface area contributed by atoms with Gasteiger partial charge in [-0.15, -0.1) is 0 Å². The van der Waals surface area contributed by atoms with Gasteiger partial charge in [-0.3, -0.25) is 9.88 Å². The number of pyridine rings is 1. The average Bonchev–Trinajstić information content (AvgIpc) is 2.88. The summed E-state index contributed by atoms with van der Waals surface area (Å²) < 4.78 is 5.60. The van der Waals surface area contributed by atoms with Crippen molar-refractivity contribution in [2.75, 3.05) is 32.8 Å². The Labute approximate surface area is 152 Å². The smallest absolute Gasteiger partial charge is 0.409 e. The van der Waals surface area contributed by atoms with Gasteiger partial charge in [0.15, 0.2) is 0 Å². The van der Waals surface area contributed by atoms with Crippen LogP contribution in [0.4, 0.5) is 4.79 Å². The molecule has 0 radical (unpaired) electrons. The van der Waals surface area contributed by atoms with Crippen molar-refractivity contribution in [3.63, 3.8) is 0 Å². The van der Waals surface area contributed by atoms with Gasteiger partial charge < -0.3 is 9.64 Å². The second-order valence-electron chi connectivity index (χ2n) is 6.97. The first-order chi connectivity index (χ1) is 12.2. The minimum Gasteiger partial charge on any atom is -0.449 e. The molecule has 1 amide bonds. The van der Waals surface area contributed by atoms with Crippen molar-refractivity contribution in [2.45, 2.75) is 52.5 Å². The molecule has 0 aromatic carbocycles. The van der Waals surface area contributed by atoms with Crippen LogP contribution in [0.25, 0.3) is 0 Å². The van der Waals surface area contributed by atoms with Crippen molar-refractivity contribution in [1.82, 2.24) is 14.8 Å². The van der Waals surface area contributed by atoms with Crippen molar-refractivity contribution < 1.29 is 9.53 Å². The third kappa shape index (κ3) is 7.02. The van der Waals surface area contributed by atoms with Crippen LogP contribution in [0.1, 0.15) is 51.5 Å². The van der Waals surface area contributed by atoms with Crippen LogP contribution in [0.5, 0.6) is 0 Å². The maximum Gasteiger partial charge on any atom is 0.409 e. The Morgan fingerprint density at radius 1 is 1.20 bits per heavy atom. The van der Waals surface area contributed by atoms with Gasteiger partial charge in [0.2, 0.25) is 0 Å². The van der Waals surface area contributed by atoms with Gasteiger partial charge in [-0.2, -0.15) is 0 Å². The third-order valence-corrected chi connectivity index (χ3v) is 4.99. The Balaban J connectivity index is 1.74. The molecular weight excluding hydrogens is 314 g/mol. The van der Waals surface area contributed by atoms with E-state index in [9.17, 15) is 4.79 Å². The molecule has 1 saturated heterocycles. The van der Waals surface area contributed by atoms with Crippen molar-refractivity contribution in [3.8, 4) is 0 Å². The molecule has 0 spiro atoms. The summed E-state index contributed by atoms with van der Waals surface area (Å²) in [6.07, 6.45) is 9.16. The monoisotopic (exact) mass is 347 g/mol. The van der Waals surface area contributed by atoms with Gasteiger partial charge in [0, 0.05) is 45.1 Å². The first kappa shape index (κ1) is 19.7. The Morgan fingerprint density at radius 3 is 2.72 bits per heavy atom. The van der Waals surface area contributed by atoms with E-state index in [1.807, 2.05) is 17.3 Å². The summed E-state index contributed by atoms with van der Waals surface area (Å²) in [7, 11) is 0. The van der Waals surface area contributed by atoms with Crippen LogP contribution in [0.2, 0.25) is 0 Å².